The standard InChI is InChI=1S/C16H31NO8/c1-2-3-5-22-7-9-24-11-12-25-10-8-23-6-4-17(13-15(18)19)14-16(20)21/h2-14H2,1H3,(H,18,19)(H,20,21). The van der Waals surface area contributed by atoms with Crippen LogP contribution in [-0.2, 0) is 28.5 Å². The molecule has 0 aliphatic carbocycles. The lowest BCUT2D eigenvalue weighted by atomic mass is 10.4. The predicted octanol–water partition coefficient (Wildman–Crippen LogP) is 0.324. The molecule has 2 N–H and O–H groups in total. The van der Waals surface area contributed by atoms with E-state index in [1.54, 1.807) is 0 Å². The van der Waals surface area contributed by atoms with Crippen LogP contribution in [0.25, 0.3) is 0 Å². The monoisotopic (exact) mass is 365 g/mol. The molecule has 0 aromatic carbocycles. The molecular formula is C16H31NO8. The lowest BCUT2D eigenvalue weighted by Crippen LogP contribution is -2.37. The molecule has 0 bridgehead atoms. The summed E-state index contributed by atoms with van der Waals surface area (Å²) < 4.78 is 21.3. The van der Waals surface area contributed by atoms with E-state index in [1.807, 2.05) is 0 Å². The maximum atomic E-state index is 10.6. The van der Waals surface area contributed by atoms with E-state index in [1.165, 1.54) is 4.90 Å². The van der Waals surface area contributed by atoms with E-state index in [2.05, 4.69) is 6.92 Å². The van der Waals surface area contributed by atoms with Crippen molar-refractivity contribution in [3.63, 3.8) is 0 Å². The van der Waals surface area contributed by atoms with Gasteiger partial charge in [-0.05, 0) is 6.42 Å². The Hall–Kier alpha value is -1.26. The Morgan fingerprint density at radius 1 is 0.720 bits per heavy atom. The van der Waals surface area contributed by atoms with Crippen LogP contribution in [0, 0.1) is 0 Å². The van der Waals surface area contributed by atoms with E-state index in [4.69, 9.17) is 29.2 Å². The fraction of sp³-hybridized carbons (Fsp3) is 0.875. The van der Waals surface area contributed by atoms with Crippen molar-refractivity contribution < 1.29 is 38.7 Å². The van der Waals surface area contributed by atoms with Gasteiger partial charge in [0.2, 0.25) is 0 Å². The summed E-state index contributed by atoms with van der Waals surface area (Å²) in [4.78, 5) is 22.5. The first-order valence-electron chi connectivity index (χ1n) is 8.53. The molecule has 9 heteroatoms. The number of carbonyl (C=O) groups is 2. The van der Waals surface area contributed by atoms with Crippen LogP contribution in [0.5, 0.6) is 0 Å². The molecule has 0 aromatic heterocycles. The Labute approximate surface area is 148 Å². The van der Waals surface area contributed by atoms with Crippen molar-refractivity contribution >= 4 is 11.9 Å². The van der Waals surface area contributed by atoms with Crippen molar-refractivity contribution in [1.29, 1.82) is 0 Å². The molecular weight excluding hydrogens is 334 g/mol. The lowest BCUT2D eigenvalue weighted by molar-refractivity contribution is -0.142. The van der Waals surface area contributed by atoms with Crippen molar-refractivity contribution in [1.82, 2.24) is 4.90 Å². The summed E-state index contributed by atoms with van der Waals surface area (Å²) in [6.45, 7) is 5.55. The predicted molar refractivity (Wildman–Crippen MR) is 89.9 cm³/mol. The van der Waals surface area contributed by atoms with Gasteiger partial charge in [-0.2, -0.15) is 0 Å². The minimum absolute atomic E-state index is 0.236. The van der Waals surface area contributed by atoms with Crippen LogP contribution in [-0.4, -0.2) is 99.5 Å². The van der Waals surface area contributed by atoms with Crippen LogP contribution in [0.2, 0.25) is 0 Å². The number of rotatable bonds is 19. The van der Waals surface area contributed by atoms with Crippen LogP contribution in [0.4, 0.5) is 0 Å². The topological polar surface area (TPSA) is 115 Å². The largest absolute Gasteiger partial charge is 0.480 e. The maximum absolute atomic E-state index is 10.6. The fourth-order valence-electron chi connectivity index (χ4n) is 1.80. The van der Waals surface area contributed by atoms with Gasteiger partial charge in [-0.1, -0.05) is 13.3 Å². The number of hydrogen-bond acceptors (Lipinski definition) is 7. The van der Waals surface area contributed by atoms with Crippen molar-refractivity contribution in [3.8, 4) is 0 Å². The zero-order valence-corrected chi connectivity index (χ0v) is 15.0. The van der Waals surface area contributed by atoms with Crippen LogP contribution in [0.3, 0.4) is 0 Å². The summed E-state index contributed by atoms with van der Waals surface area (Å²) in [5.41, 5.74) is 0. The number of carboxylic acid groups (broad SMARTS) is 2. The Morgan fingerprint density at radius 2 is 1.12 bits per heavy atom. The van der Waals surface area contributed by atoms with E-state index in [0.717, 1.165) is 19.4 Å². The van der Waals surface area contributed by atoms with Gasteiger partial charge in [-0.25, -0.2) is 0 Å². The average molecular weight is 365 g/mol. The molecule has 0 spiro atoms. The van der Waals surface area contributed by atoms with E-state index in [9.17, 15) is 9.59 Å². The summed E-state index contributed by atoms with van der Waals surface area (Å²) in [7, 11) is 0. The van der Waals surface area contributed by atoms with Gasteiger partial charge in [0.15, 0.2) is 0 Å². The summed E-state index contributed by atoms with van der Waals surface area (Å²) in [5.74, 6) is -2.14. The highest BCUT2D eigenvalue weighted by atomic mass is 16.6. The van der Waals surface area contributed by atoms with Crippen LogP contribution in [0.1, 0.15) is 19.8 Å². The fourth-order valence-corrected chi connectivity index (χ4v) is 1.80. The summed E-state index contributed by atoms with van der Waals surface area (Å²) >= 11 is 0. The third kappa shape index (κ3) is 18.9. The third-order valence-electron chi connectivity index (χ3n) is 3.03. The van der Waals surface area contributed by atoms with Crippen molar-refractivity contribution in [2.45, 2.75) is 19.8 Å². The molecule has 9 nitrogen and oxygen atoms in total. The molecule has 0 atom stereocenters. The normalized spacial score (nSPS) is 11.1. The Morgan fingerprint density at radius 3 is 1.52 bits per heavy atom. The van der Waals surface area contributed by atoms with Crippen molar-refractivity contribution in [2.75, 3.05) is 72.5 Å². The third-order valence-corrected chi connectivity index (χ3v) is 3.03. The highest BCUT2D eigenvalue weighted by Gasteiger charge is 2.12. The Kier molecular flexibility index (Phi) is 16.7. The van der Waals surface area contributed by atoms with Gasteiger partial charge >= 0.3 is 11.9 Å². The second-order valence-electron chi connectivity index (χ2n) is 5.30. The molecule has 0 aliphatic heterocycles. The smallest absolute Gasteiger partial charge is 0.317 e. The van der Waals surface area contributed by atoms with Gasteiger partial charge in [0.05, 0.1) is 59.3 Å². The highest BCUT2D eigenvalue weighted by Crippen LogP contribution is 1.90. The first-order chi connectivity index (χ1) is 12.1. The molecule has 0 aliphatic rings. The van der Waals surface area contributed by atoms with Gasteiger partial charge in [-0.3, -0.25) is 14.5 Å². The van der Waals surface area contributed by atoms with E-state index >= 15 is 0 Å². The molecule has 0 heterocycles. The number of hydrogen-bond donors (Lipinski definition) is 2. The summed E-state index contributed by atoms with van der Waals surface area (Å²) in [6.07, 6.45) is 2.18. The molecule has 0 fully saturated rings. The Balaban J connectivity index is 3.36. The molecule has 0 aromatic rings. The van der Waals surface area contributed by atoms with E-state index in [0.29, 0.717) is 39.6 Å². The molecule has 0 amide bonds. The number of ether oxygens (including phenoxy) is 4. The van der Waals surface area contributed by atoms with Gasteiger partial charge in [0.1, 0.15) is 0 Å². The zero-order valence-electron chi connectivity index (χ0n) is 15.0. The van der Waals surface area contributed by atoms with Crippen molar-refractivity contribution in [2.24, 2.45) is 0 Å². The quantitative estimate of drug-likeness (QED) is 0.312. The first-order valence-corrected chi connectivity index (χ1v) is 8.53. The molecule has 25 heavy (non-hydrogen) atoms. The van der Waals surface area contributed by atoms with Crippen LogP contribution < -0.4 is 0 Å². The van der Waals surface area contributed by atoms with Crippen LogP contribution in [0.15, 0.2) is 0 Å². The number of nitrogens with zero attached hydrogens (tertiary/aromatic N) is 1. The minimum Gasteiger partial charge on any atom is -0.480 e. The van der Waals surface area contributed by atoms with Gasteiger partial charge in [-0.15, -0.1) is 0 Å². The molecule has 148 valence electrons. The van der Waals surface area contributed by atoms with Gasteiger partial charge in [0, 0.05) is 13.2 Å². The average Bonchev–Trinajstić information content (AvgIpc) is 2.54. The number of unbranched alkanes of at least 4 members (excludes halogenated alkanes) is 1. The van der Waals surface area contributed by atoms with E-state index < -0.39 is 11.9 Å². The maximum Gasteiger partial charge on any atom is 0.317 e. The molecule has 0 unspecified atom stereocenters. The minimum atomic E-state index is -1.07. The van der Waals surface area contributed by atoms with E-state index in [-0.39, 0.29) is 26.2 Å². The lowest BCUT2D eigenvalue weighted by Gasteiger charge is -2.17. The highest BCUT2D eigenvalue weighted by molar-refractivity contribution is 5.72. The molecule has 0 saturated carbocycles. The van der Waals surface area contributed by atoms with Crippen LogP contribution >= 0.6 is 0 Å². The van der Waals surface area contributed by atoms with Crippen molar-refractivity contribution in [3.05, 3.63) is 0 Å². The van der Waals surface area contributed by atoms with Gasteiger partial charge < -0.3 is 29.2 Å². The summed E-state index contributed by atoms with van der Waals surface area (Å²) in [5, 5.41) is 17.4. The van der Waals surface area contributed by atoms with Gasteiger partial charge in [0.25, 0.3) is 0 Å². The number of carboxylic acids is 2. The second kappa shape index (κ2) is 17.6. The SMILES string of the molecule is CCCCOCCOCCOCCOCCN(CC(=O)O)CC(=O)O. The summed E-state index contributed by atoms with van der Waals surface area (Å²) in [6, 6.07) is 0. The second-order valence-corrected chi connectivity index (χ2v) is 5.30. The zero-order chi connectivity index (χ0) is 18.8. The molecule has 0 rings (SSSR count). The number of aliphatic carboxylic acids is 2. The molecule has 0 saturated heterocycles. The first kappa shape index (κ1) is 23.7. The molecule has 0 radical (unpaired) electrons. The Bertz CT molecular complexity index is 324.